The Hall–Kier alpha value is -2.96. The Morgan fingerprint density at radius 1 is 1.07 bits per heavy atom. The van der Waals surface area contributed by atoms with Gasteiger partial charge in [-0.3, -0.25) is 9.59 Å². The van der Waals surface area contributed by atoms with Crippen LogP contribution in [0.15, 0.2) is 36.4 Å². The maximum atomic E-state index is 13.5. The van der Waals surface area contributed by atoms with E-state index in [1.165, 1.54) is 18.7 Å². The molecule has 2 rings (SSSR count). The monoisotopic (exact) mass is 390 g/mol. The lowest BCUT2D eigenvalue weighted by Crippen LogP contribution is -2.41. The molecule has 0 saturated carbocycles. The smallest absolute Gasteiger partial charge is 0.258 e. The molecule has 2 N–H and O–H groups in total. The molecule has 2 aromatic rings. The van der Waals surface area contributed by atoms with Gasteiger partial charge in [0.1, 0.15) is 11.8 Å². The SMILES string of the molecule is CNC(=O)C(NC(=O)COc1ccc(C(C)C)c(C)c1)c1ccc(F)c(F)c1. The molecule has 0 saturated heterocycles. The van der Waals surface area contributed by atoms with Crippen molar-refractivity contribution in [3.8, 4) is 5.75 Å². The normalized spacial score (nSPS) is 11.8. The molecule has 0 aromatic heterocycles. The summed E-state index contributed by atoms with van der Waals surface area (Å²) < 4.78 is 32.1. The lowest BCUT2D eigenvalue weighted by Gasteiger charge is -2.18. The van der Waals surface area contributed by atoms with Crippen molar-refractivity contribution in [2.45, 2.75) is 32.7 Å². The quantitative estimate of drug-likeness (QED) is 0.762. The highest BCUT2D eigenvalue weighted by Gasteiger charge is 2.23. The molecule has 2 aromatic carbocycles. The van der Waals surface area contributed by atoms with Gasteiger partial charge in [-0.15, -0.1) is 0 Å². The molecule has 0 aliphatic heterocycles. The summed E-state index contributed by atoms with van der Waals surface area (Å²) >= 11 is 0. The summed E-state index contributed by atoms with van der Waals surface area (Å²) in [7, 11) is 1.39. The van der Waals surface area contributed by atoms with Crippen LogP contribution in [0.25, 0.3) is 0 Å². The molecule has 0 spiro atoms. The number of carbonyl (C=O) groups is 2. The van der Waals surface area contributed by atoms with Gasteiger partial charge in [-0.05, 0) is 53.8 Å². The molecule has 1 atom stereocenters. The van der Waals surface area contributed by atoms with E-state index in [9.17, 15) is 18.4 Å². The average Bonchev–Trinajstić information content (AvgIpc) is 2.66. The van der Waals surface area contributed by atoms with Gasteiger partial charge >= 0.3 is 0 Å². The number of ether oxygens (including phenoxy) is 1. The second-order valence-corrected chi connectivity index (χ2v) is 6.75. The van der Waals surface area contributed by atoms with E-state index >= 15 is 0 Å². The van der Waals surface area contributed by atoms with E-state index in [1.807, 2.05) is 19.1 Å². The molecular weight excluding hydrogens is 366 g/mol. The van der Waals surface area contributed by atoms with Crippen molar-refractivity contribution >= 4 is 11.8 Å². The molecule has 0 aliphatic rings. The summed E-state index contributed by atoms with van der Waals surface area (Å²) in [5, 5.41) is 4.87. The zero-order chi connectivity index (χ0) is 20.8. The van der Waals surface area contributed by atoms with Gasteiger partial charge in [0, 0.05) is 7.05 Å². The average molecular weight is 390 g/mol. The van der Waals surface area contributed by atoms with E-state index in [4.69, 9.17) is 4.74 Å². The third-order valence-electron chi connectivity index (χ3n) is 4.32. The summed E-state index contributed by atoms with van der Waals surface area (Å²) in [6.07, 6.45) is 0. The topological polar surface area (TPSA) is 67.4 Å². The van der Waals surface area contributed by atoms with Crippen LogP contribution < -0.4 is 15.4 Å². The van der Waals surface area contributed by atoms with Crippen LogP contribution in [0, 0.1) is 18.6 Å². The second kappa shape index (κ2) is 9.30. The molecular formula is C21H24F2N2O3. The predicted molar refractivity (Wildman–Crippen MR) is 102 cm³/mol. The van der Waals surface area contributed by atoms with Gasteiger partial charge in [0.25, 0.3) is 5.91 Å². The Bertz CT molecular complexity index is 869. The molecule has 0 radical (unpaired) electrons. The first kappa shape index (κ1) is 21.3. The molecule has 1 unspecified atom stereocenters. The Kier molecular flexibility index (Phi) is 7.09. The summed E-state index contributed by atoms with van der Waals surface area (Å²) in [6.45, 7) is 5.83. The van der Waals surface area contributed by atoms with Crippen molar-refractivity contribution in [3.63, 3.8) is 0 Å². The molecule has 5 nitrogen and oxygen atoms in total. The van der Waals surface area contributed by atoms with Crippen molar-refractivity contribution in [1.82, 2.24) is 10.6 Å². The number of rotatable bonds is 7. The third kappa shape index (κ3) is 5.28. The van der Waals surface area contributed by atoms with E-state index in [0.29, 0.717) is 11.7 Å². The molecule has 0 aliphatic carbocycles. The molecule has 0 fully saturated rings. The Morgan fingerprint density at radius 2 is 1.79 bits per heavy atom. The maximum absolute atomic E-state index is 13.5. The van der Waals surface area contributed by atoms with Crippen molar-refractivity contribution < 1.29 is 23.1 Å². The zero-order valence-corrected chi connectivity index (χ0v) is 16.3. The molecule has 0 heterocycles. The highest BCUT2D eigenvalue weighted by Crippen LogP contribution is 2.23. The Balaban J connectivity index is 2.06. The van der Waals surface area contributed by atoms with Crippen molar-refractivity contribution in [2.75, 3.05) is 13.7 Å². The standard InChI is InChI=1S/C21H24F2N2O3/c1-12(2)16-7-6-15(9-13(16)3)28-11-19(26)25-20(21(27)24-4)14-5-8-17(22)18(23)10-14/h5-10,12,20H,11H2,1-4H3,(H,24,27)(H,25,26). The fourth-order valence-electron chi connectivity index (χ4n) is 2.87. The number of aryl methyl sites for hydroxylation is 1. The number of amides is 2. The molecule has 150 valence electrons. The first-order chi connectivity index (χ1) is 13.2. The number of halogens is 2. The van der Waals surface area contributed by atoms with E-state index < -0.39 is 29.5 Å². The summed E-state index contributed by atoms with van der Waals surface area (Å²) in [5.74, 6) is -2.35. The fraction of sp³-hybridized carbons (Fsp3) is 0.333. The number of hydrogen-bond donors (Lipinski definition) is 2. The van der Waals surface area contributed by atoms with Gasteiger partial charge in [0.15, 0.2) is 18.2 Å². The molecule has 2 amide bonds. The Labute approximate surface area is 163 Å². The largest absolute Gasteiger partial charge is 0.484 e. The van der Waals surface area contributed by atoms with Crippen LogP contribution in [-0.4, -0.2) is 25.5 Å². The number of likely N-dealkylation sites (N-methyl/N-ethyl adjacent to an activating group) is 1. The summed E-state index contributed by atoms with van der Waals surface area (Å²) in [6, 6.07) is 7.43. The van der Waals surface area contributed by atoms with Crippen LogP contribution in [0.4, 0.5) is 8.78 Å². The summed E-state index contributed by atoms with van der Waals surface area (Å²) in [5.41, 5.74) is 2.37. The van der Waals surface area contributed by atoms with E-state index in [0.717, 1.165) is 17.7 Å². The van der Waals surface area contributed by atoms with E-state index in [2.05, 4.69) is 24.5 Å². The van der Waals surface area contributed by atoms with Crippen LogP contribution in [0.1, 0.15) is 42.5 Å². The van der Waals surface area contributed by atoms with Gasteiger partial charge in [-0.2, -0.15) is 0 Å². The highest BCUT2D eigenvalue weighted by molar-refractivity contribution is 5.89. The van der Waals surface area contributed by atoms with E-state index in [1.54, 1.807) is 6.07 Å². The minimum Gasteiger partial charge on any atom is -0.484 e. The van der Waals surface area contributed by atoms with Crippen LogP contribution >= 0.6 is 0 Å². The number of carbonyl (C=O) groups excluding carboxylic acids is 2. The summed E-state index contributed by atoms with van der Waals surface area (Å²) in [4.78, 5) is 24.3. The number of hydrogen-bond acceptors (Lipinski definition) is 3. The minimum atomic E-state index is -1.17. The fourth-order valence-corrected chi connectivity index (χ4v) is 2.87. The van der Waals surface area contributed by atoms with Crippen molar-refractivity contribution in [3.05, 3.63) is 64.7 Å². The number of benzene rings is 2. The van der Waals surface area contributed by atoms with Gasteiger partial charge < -0.3 is 15.4 Å². The van der Waals surface area contributed by atoms with Crippen molar-refractivity contribution in [1.29, 1.82) is 0 Å². The molecule has 7 heteroatoms. The van der Waals surface area contributed by atoms with Crippen LogP contribution in [0.3, 0.4) is 0 Å². The molecule has 28 heavy (non-hydrogen) atoms. The van der Waals surface area contributed by atoms with Gasteiger partial charge in [-0.1, -0.05) is 26.0 Å². The van der Waals surface area contributed by atoms with Crippen LogP contribution in [0.2, 0.25) is 0 Å². The first-order valence-electron chi connectivity index (χ1n) is 8.92. The van der Waals surface area contributed by atoms with Gasteiger partial charge in [0.05, 0.1) is 0 Å². The second-order valence-electron chi connectivity index (χ2n) is 6.75. The van der Waals surface area contributed by atoms with E-state index in [-0.39, 0.29) is 12.2 Å². The highest BCUT2D eigenvalue weighted by atomic mass is 19.2. The Morgan fingerprint density at radius 3 is 2.36 bits per heavy atom. The van der Waals surface area contributed by atoms with Crippen LogP contribution in [-0.2, 0) is 9.59 Å². The zero-order valence-electron chi connectivity index (χ0n) is 16.3. The lowest BCUT2D eigenvalue weighted by molar-refractivity contribution is -0.129. The predicted octanol–water partition coefficient (Wildman–Crippen LogP) is 3.38. The maximum Gasteiger partial charge on any atom is 0.258 e. The van der Waals surface area contributed by atoms with Gasteiger partial charge in [0.2, 0.25) is 5.91 Å². The minimum absolute atomic E-state index is 0.128. The third-order valence-corrected chi connectivity index (χ3v) is 4.32. The van der Waals surface area contributed by atoms with Crippen LogP contribution in [0.5, 0.6) is 5.75 Å². The number of nitrogens with one attached hydrogen (secondary N) is 2. The van der Waals surface area contributed by atoms with Crippen molar-refractivity contribution in [2.24, 2.45) is 0 Å². The van der Waals surface area contributed by atoms with Gasteiger partial charge in [-0.25, -0.2) is 8.78 Å². The first-order valence-corrected chi connectivity index (χ1v) is 8.92. The molecule has 0 bridgehead atoms. The lowest BCUT2D eigenvalue weighted by atomic mass is 9.98.